The second-order valence-corrected chi connectivity index (χ2v) is 6.76. The molecule has 0 fully saturated rings. The van der Waals surface area contributed by atoms with Crippen LogP contribution in [0.25, 0.3) is 0 Å². The molecule has 19 heavy (non-hydrogen) atoms. The molecule has 0 aliphatic rings. The van der Waals surface area contributed by atoms with Gasteiger partial charge in [-0.2, -0.15) is 11.8 Å². The Morgan fingerprint density at radius 3 is 2.26 bits per heavy atom. The lowest BCUT2D eigenvalue weighted by Crippen LogP contribution is -2.12. The highest BCUT2D eigenvalue weighted by Crippen LogP contribution is 2.23. The van der Waals surface area contributed by atoms with Gasteiger partial charge in [-0.1, -0.05) is 65.7 Å². The van der Waals surface area contributed by atoms with Gasteiger partial charge < -0.3 is 5.11 Å². The van der Waals surface area contributed by atoms with Crippen molar-refractivity contribution in [3.63, 3.8) is 0 Å². The minimum Gasteiger partial charge on any atom is -0.481 e. The summed E-state index contributed by atoms with van der Waals surface area (Å²) in [4.78, 5) is 10.7. The van der Waals surface area contributed by atoms with Crippen LogP contribution in [-0.4, -0.2) is 22.6 Å². The maximum atomic E-state index is 10.7. The van der Waals surface area contributed by atoms with Crippen LogP contribution in [0.1, 0.15) is 72.1 Å². The fourth-order valence-corrected chi connectivity index (χ4v) is 3.35. The smallest absolute Gasteiger partial charge is 0.307 e. The van der Waals surface area contributed by atoms with Crippen LogP contribution in [0, 0.1) is 11.8 Å². The van der Waals surface area contributed by atoms with E-state index < -0.39 is 5.97 Å². The van der Waals surface area contributed by atoms with Gasteiger partial charge in [0.25, 0.3) is 0 Å². The Kier molecular flexibility index (Phi) is 12.7. The molecule has 2 atom stereocenters. The van der Waals surface area contributed by atoms with Crippen molar-refractivity contribution in [3.8, 4) is 0 Å². The normalized spacial score (nSPS) is 14.3. The molecule has 0 aromatic carbocycles. The first-order valence-electron chi connectivity index (χ1n) is 7.92. The number of hydrogen-bond donors (Lipinski definition) is 1. The molecule has 0 heterocycles. The van der Waals surface area contributed by atoms with Crippen molar-refractivity contribution in [1.29, 1.82) is 0 Å². The third-order valence-electron chi connectivity index (χ3n) is 3.64. The third-order valence-corrected chi connectivity index (χ3v) is 4.90. The van der Waals surface area contributed by atoms with Crippen molar-refractivity contribution in [2.45, 2.75) is 72.1 Å². The van der Waals surface area contributed by atoms with Crippen LogP contribution in [0.2, 0.25) is 0 Å². The highest BCUT2D eigenvalue weighted by atomic mass is 32.2. The van der Waals surface area contributed by atoms with Crippen molar-refractivity contribution >= 4 is 17.7 Å². The Balaban J connectivity index is 3.74. The van der Waals surface area contributed by atoms with Crippen molar-refractivity contribution < 1.29 is 9.90 Å². The molecule has 0 amide bonds. The molecule has 0 rings (SSSR count). The number of hydrogen-bond acceptors (Lipinski definition) is 2. The lowest BCUT2D eigenvalue weighted by atomic mass is 9.93. The molecule has 0 aliphatic heterocycles. The van der Waals surface area contributed by atoms with Gasteiger partial charge in [0.05, 0.1) is 5.92 Å². The Hall–Kier alpha value is -0.180. The SMILES string of the molecule is CCCCCC(CCCC)CCSCC(C)C(=O)O. The highest BCUT2D eigenvalue weighted by Gasteiger charge is 2.12. The van der Waals surface area contributed by atoms with Gasteiger partial charge in [0.2, 0.25) is 0 Å². The molecule has 1 N–H and O–H groups in total. The Bertz CT molecular complexity index is 219. The molecule has 0 aromatic heterocycles. The minimum atomic E-state index is -0.669. The molecule has 3 heteroatoms. The van der Waals surface area contributed by atoms with E-state index in [0.717, 1.165) is 17.4 Å². The minimum absolute atomic E-state index is 0.209. The van der Waals surface area contributed by atoms with Gasteiger partial charge >= 0.3 is 5.97 Å². The van der Waals surface area contributed by atoms with Gasteiger partial charge in [-0.25, -0.2) is 0 Å². The summed E-state index contributed by atoms with van der Waals surface area (Å²) in [5.74, 6) is 1.86. The van der Waals surface area contributed by atoms with Crippen LogP contribution >= 0.6 is 11.8 Å². The first kappa shape index (κ1) is 18.8. The standard InChI is InChI=1S/C16H32O2S/c1-4-6-8-10-15(9-7-5-2)11-12-19-13-14(3)16(17)18/h14-15H,4-13H2,1-3H3,(H,17,18). The van der Waals surface area contributed by atoms with Crippen LogP contribution in [0.4, 0.5) is 0 Å². The summed E-state index contributed by atoms with van der Waals surface area (Å²) in [5.41, 5.74) is 0. The van der Waals surface area contributed by atoms with Gasteiger partial charge in [0.1, 0.15) is 0 Å². The average molecular weight is 288 g/mol. The van der Waals surface area contributed by atoms with E-state index in [1.54, 1.807) is 6.92 Å². The van der Waals surface area contributed by atoms with Crippen molar-refractivity contribution in [2.75, 3.05) is 11.5 Å². The number of carboxylic acids is 1. The molecule has 0 spiro atoms. The second kappa shape index (κ2) is 12.8. The Labute approximate surface area is 123 Å². The summed E-state index contributed by atoms with van der Waals surface area (Å²) in [7, 11) is 0. The van der Waals surface area contributed by atoms with E-state index in [9.17, 15) is 4.79 Å². The fourth-order valence-electron chi connectivity index (χ4n) is 2.19. The molecule has 0 aliphatic carbocycles. The number of thioether (sulfide) groups is 1. The van der Waals surface area contributed by atoms with Crippen LogP contribution < -0.4 is 0 Å². The maximum Gasteiger partial charge on any atom is 0.307 e. The van der Waals surface area contributed by atoms with Crippen molar-refractivity contribution in [1.82, 2.24) is 0 Å². The largest absolute Gasteiger partial charge is 0.481 e. The van der Waals surface area contributed by atoms with E-state index in [4.69, 9.17) is 5.11 Å². The zero-order valence-electron chi connectivity index (χ0n) is 13.0. The van der Waals surface area contributed by atoms with E-state index in [1.807, 2.05) is 11.8 Å². The number of aliphatic carboxylic acids is 1. The molecule has 2 unspecified atom stereocenters. The van der Waals surface area contributed by atoms with Crippen LogP contribution in [0.15, 0.2) is 0 Å². The lowest BCUT2D eigenvalue weighted by molar-refractivity contribution is -0.140. The third kappa shape index (κ3) is 11.4. The molecule has 0 saturated heterocycles. The van der Waals surface area contributed by atoms with Gasteiger partial charge in [-0.05, 0) is 18.1 Å². The predicted octanol–water partition coefficient (Wildman–Crippen LogP) is 5.22. The molecule has 0 bridgehead atoms. The quantitative estimate of drug-likeness (QED) is 0.472. The summed E-state index contributed by atoms with van der Waals surface area (Å²) < 4.78 is 0. The van der Waals surface area contributed by atoms with Crippen LogP contribution in [-0.2, 0) is 4.79 Å². The lowest BCUT2D eigenvalue weighted by Gasteiger charge is -2.16. The van der Waals surface area contributed by atoms with Crippen molar-refractivity contribution in [3.05, 3.63) is 0 Å². The topological polar surface area (TPSA) is 37.3 Å². The molecule has 114 valence electrons. The fraction of sp³-hybridized carbons (Fsp3) is 0.938. The second-order valence-electron chi connectivity index (χ2n) is 5.61. The van der Waals surface area contributed by atoms with Gasteiger partial charge in [-0.15, -0.1) is 0 Å². The zero-order valence-corrected chi connectivity index (χ0v) is 13.8. The predicted molar refractivity (Wildman–Crippen MR) is 85.9 cm³/mol. The van der Waals surface area contributed by atoms with E-state index >= 15 is 0 Å². The van der Waals surface area contributed by atoms with E-state index in [0.29, 0.717) is 0 Å². The first-order chi connectivity index (χ1) is 9.11. The van der Waals surface area contributed by atoms with E-state index in [2.05, 4.69) is 13.8 Å². The number of rotatable bonds is 13. The highest BCUT2D eigenvalue weighted by molar-refractivity contribution is 7.99. The molecule has 0 saturated carbocycles. The Morgan fingerprint density at radius 2 is 1.68 bits per heavy atom. The summed E-state index contributed by atoms with van der Waals surface area (Å²) >= 11 is 1.81. The summed E-state index contributed by atoms with van der Waals surface area (Å²) in [5, 5.41) is 8.84. The summed E-state index contributed by atoms with van der Waals surface area (Å²) in [6.45, 7) is 6.31. The van der Waals surface area contributed by atoms with E-state index in [1.165, 1.54) is 51.4 Å². The molecular weight excluding hydrogens is 256 g/mol. The van der Waals surface area contributed by atoms with Gasteiger partial charge in [-0.3, -0.25) is 4.79 Å². The molecule has 0 radical (unpaired) electrons. The monoisotopic (exact) mass is 288 g/mol. The summed E-state index contributed by atoms with van der Waals surface area (Å²) in [6.07, 6.45) is 10.6. The number of unbranched alkanes of at least 4 members (excludes halogenated alkanes) is 3. The summed E-state index contributed by atoms with van der Waals surface area (Å²) in [6, 6.07) is 0. The Morgan fingerprint density at radius 1 is 1.05 bits per heavy atom. The van der Waals surface area contributed by atoms with Crippen molar-refractivity contribution in [2.24, 2.45) is 11.8 Å². The zero-order chi connectivity index (χ0) is 14.5. The maximum absolute atomic E-state index is 10.7. The number of carbonyl (C=O) groups is 1. The molecule has 0 aromatic rings. The van der Waals surface area contributed by atoms with Crippen LogP contribution in [0.3, 0.4) is 0 Å². The van der Waals surface area contributed by atoms with Crippen LogP contribution in [0.5, 0.6) is 0 Å². The van der Waals surface area contributed by atoms with Gasteiger partial charge in [0, 0.05) is 5.75 Å². The van der Waals surface area contributed by atoms with E-state index in [-0.39, 0.29) is 5.92 Å². The number of carboxylic acid groups (broad SMARTS) is 1. The molecular formula is C16H32O2S. The molecule has 2 nitrogen and oxygen atoms in total. The van der Waals surface area contributed by atoms with Gasteiger partial charge in [0.15, 0.2) is 0 Å². The first-order valence-corrected chi connectivity index (χ1v) is 9.07. The average Bonchev–Trinajstić information content (AvgIpc) is 2.39.